The van der Waals surface area contributed by atoms with Crippen molar-refractivity contribution in [2.75, 3.05) is 11.6 Å². The summed E-state index contributed by atoms with van der Waals surface area (Å²) in [5.74, 6) is 1.22. The second-order valence-electron chi connectivity index (χ2n) is 9.12. The Morgan fingerprint density at radius 3 is 2.36 bits per heavy atom. The number of rotatable bonds is 6. The second kappa shape index (κ2) is 9.47. The minimum absolute atomic E-state index is 0.0763. The highest BCUT2D eigenvalue weighted by molar-refractivity contribution is 7.90. The number of benzene rings is 1. The monoisotopic (exact) mass is 466 g/mol. The first-order valence-electron chi connectivity index (χ1n) is 11.3. The average molecular weight is 467 g/mol. The Labute approximate surface area is 195 Å². The van der Waals surface area contributed by atoms with Gasteiger partial charge in [-0.1, -0.05) is 0 Å². The van der Waals surface area contributed by atoms with Crippen LogP contribution in [-0.4, -0.2) is 36.6 Å². The smallest absolute Gasteiger partial charge is 0.223 e. The zero-order valence-electron chi connectivity index (χ0n) is 19.2. The Bertz CT molecular complexity index is 1250. The largest absolute Gasteiger partial charge is 0.354 e. The molecule has 0 unspecified atom stereocenters. The predicted molar refractivity (Wildman–Crippen MR) is 130 cm³/mol. The van der Waals surface area contributed by atoms with Gasteiger partial charge in [0, 0.05) is 53.0 Å². The van der Waals surface area contributed by atoms with Crippen LogP contribution in [0, 0.1) is 5.92 Å². The van der Waals surface area contributed by atoms with Crippen molar-refractivity contribution in [2.45, 2.75) is 56.4 Å². The number of nitrogens with one attached hydrogen (secondary N) is 2. The topological polar surface area (TPSA) is 101 Å². The van der Waals surface area contributed by atoms with E-state index in [9.17, 15) is 13.2 Å². The van der Waals surface area contributed by atoms with Gasteiger partial charge in [-0.2, -0.15) is 0 Å². The molecular weight excluding hydrogens is 436 g/mol. The molecule has 3 aromatic rings. The number of hydrogen-bond donors (Lipinski definition) is 2. The first-order valence-corrected chi connectivity index (χ1v) is 13.2. The van der Waals surface area contributed by atoms with E-state index in [-0.39, 0.29) is 22.8 Å². The molecule has 1 amide bonds. The second-order valence-corrected chi connectivity index (χ2v) is 11.1. The van der Waals surface area contributed by atoms with Gasteiger partial charge in [-0.25, -0.2) is 13.4 Å². The molecule has 1 fully saturated rings. The lowest BCUT2D eigenvalue weighted by Gasteiger charge is -2.28. The first-order chi connectivity index (χ1) is 15.7. The molecule has 1 aliphatic rings. The molecule has 2 heterocycles. The SMILES string of the molecule is CC(C)NC(=O)C1CCC(c2nccc3cnc(Nc4ccc(S(C)(=O)=O)cc4)cc23)CC1. The zero-order chi connectivity index (χ0) is 23.6. The molecule has 0 spiro atoms. The zero-order valence-corrected chi connectivity index (χ0v) is 20.0. The summed E-state index contributed by atoms with van der Waals surface area (Å²) >= 11 is 0. The van der Waals surface area contributed by atoms with Crippen molar-refractivity contribution >= 4 is 38.0 Å². The third-order valence-electron chi connectivity index (χ3n) is 6.15. The normalized spacial score (nSPS) is 18.9. The Morgan fingerprint density at radius 1 is 1.03 bits per heavy atom. The fourth-order valence-electron chi connectivity index (χ4n) is 4.45. The Morgan fingerprint density at radius 2 is 1.73 bits per heavy atom. The van der Waals surface area contributed by atoms with E-state index < -0.39 is 9.84 Å². The maximum Gasteiger partial charge on any atom is 0.223 e. The van der Waals surface area contributed by atoms with Gasteiger partial charge < -0.3 is 10.6 Å². The van der Waals surface area contributed by atoms with E-state index in [1.165, 1.54) is 6.26 Å². The third-order valence-corrected chi connectivity index (χ3v) is 7.28. The van der Waals surface area contributed by atoms with Crippen LogP contribution in [0.3, 0.4) is 0 Å². The van der Waals surface area contributed by atoms with Gasteiger partial charge in [0.1, 0.15) is 5.82 Å². The highest BCUT2D eigenvalue weighted by atomic mass is 32.2. The van der Waals surface area contributed by atoms with Crippen LogP contribution in [0.4, 0.5) is 11.5 Å². The van der Waals surface area contributed by atoms with E-state index in [0.717, 1.165) is 47.8 Å². The number of aromatic nitrogens is 2. The number of sulfone groups is 1. The lowest BCUT2D eigenvalue weighted by atomic mass is 9.79. The van der Waals surface area contributed by atoms with Crippen LogP contribution in [-0.2, 0) is 14.6 Å². The lowest BCUT2D eigenvalue weighted by Crippen LogP contribution is -2.37. The van der Waals surface area contributed by atoms with Crippen molar-refractivity contribution in [3.8, 4) is 0 Å². The van der Waals surface area contributed by atoms with Crippen LogP contribution in [0.25, 0.3) is 10.8 Å². The van der Waals surface area contributed by atoms with E-state index >= 15 is 0 Å². The van der Waals surface area contributed by atoms with Crippen molar-refractivity contribution in [1.29, 1.82) is 0 Å². The number of fused-ring (bicyclic) bond motifs is 1. The van der Waals surface area contributed by atoms with E-state index in [1.54, 1.807) is 24.3 Å². The molecule has 8 heteroatoms. The van der Waals surface area contributed by atoms with Crippen LogP contribution in [0.1, 0.15) is 51.1 Å². The molecule has 0 radical (unpaired) electrons. The van der Waals surface area contributed by atoms with Gasteiger partial charge in [-0.05, 0) is 75.9 Å². The maximum atomic E-state index is 12.4. The van der Waals surface area contributed by atoms with E-state index in [1.807, 2.05) is 38.4 Å². The van der Waals surface area contributed by atoms with Gasteiger partial charge in [-0.15, -0.1) is 0 Å². The number of anilines is 2. The molecule has 174 valence electrons. The summed E-state index contributed by atoms with van der Waals surface area (Å²) in [5.41, 5.74) is 1.81. The van der Waals surface area contributed by atoms with Crippen molar-refractivity contribution in [3.05, 3.63) is 54.5 Å². The fraction of sp³-hybridized carbons (Fsp3) is 0.400. The molecule has 0 bridgehead atoms. The summed E-state index contributed by atoms with van der Waals surface area (Å²) in [5, 5.41) is 8.37. The highest BCUT2D eigenvalue weighted by Gasteiger charge is 2.28. The Hall–Kier alpha value is -3.00. The summed E-state index contributed by atoms with van der Waals surface area (Å²) in [6.45, 7) is 3.98. The fourth-order valence-corrected chi connectivity index (χ4v) is 5.08. The summed E-state index contributed by atoms with van der Waals surface area (Å²) in [7, 11) is -3.23. The van der Waals surface area contributed by atoms with Gasteiger partial charge >= 0.3 is 0 Å². The molecule has 0 aliphatic heterocycles. The number of carbonyl (C=O) groups excluding carboxylic acids is 1. The summed E-state index contributed by atoms with van der Waals surface area (Å²) in [4.78, 5) is 21.9. The predicted octanol–water partition coefficient (Wildman–Crippen LogP) is 4.58. The minimum atomic E-state index is -3.23. The number of amides is 1. The standard InChI is InChI=1S/C25H30N4O3S/c1-16(2)28-25(30)18-6-4-17(5-7-18)24-22-14-23(27-15-19(22)12-13-26-24)29-20-8-10-21(11-9-20)33(3,31)32/h8-18H,4-7H2,1-3H3,(H,27,29)(H,28,30). The molecule has 1 saturated carbocycles. The van der Waals surface area contributed by atoms with Gasteiger partial charge in [0.25, 0.3) is 0 Å². The van der Waals surface area contributed by atoms with E-state index in [0.29, 0.717) is 11.7 Å². The number of carbonyl (C=O) groups is 1. The average Bonchev–Trinajstić information content (AvgIpc) is 2.78. The molecule has 7 nitrogen and oxygen atoms in total. The first kappa shape index (κ1) is 23.2. The molecular formula is C25H30N4O3S. The quantitative estimate of drug-likeness (QED) is 0.552. The van der Waals surface area contributed by atoms with Crippen LogP contribution in [0.2, 0.25) is 0 Å². The Kier molecular flexibility index (Phi) is 6.65. The number of pyridine rings is 2. The van der Waals surface area contributed by atoms with Crippen LogP contribution in [0.5, 0.6) is 0 Å². The molecule has 1 aliphatic carbocycles. The molecule has 0 saturated heterocycles. The Balaban J connectivity index is 1.52. The van der Waals surface area contributed by atoms with Crippen molar-refractivity contribution < 1.29 is 13.2 Å². The molecule has 2 aromatic heterocycles. The highest BCUT2D eigenvalue weighted by Crippen LogP contribution is 2.38. The summed E-state index contributed by atoms with van der Waals surface area (Å²) < 4.78 is 23.4. The van der Waals surface area contributed by atoms with E-state index in [2.05, 4.69) is 15.6 Å². The van der Waals surface area contributed by atoms with Crippen molar-refractivity contribution in [2.24, 2.45) is 5.92 Å². The number of hydrogen-bond acceptors (Lipinski definition) is 6. The summed E-state index contributed by atoms with van der Waals surface area (Å²) in [6, 6.07) is 10.7. The molecule has 33 heavy (non-hydrogen) atoms. The maximum absolute atomic E-state index is 12.4. The van der Waals surface area contributed by atoms with Gasteiger partial charge in [0.05, 0.1) is 10.6 Å². The van der Waals surface area contributed by atoms with Crippen molar-refractivity contribution in [3.63, 3.8) is 0 Å². The van der Waals surface area contributed by atoms with Crippen LogP contribution >= 0.6 is 0 Å². The van der Waals surface area contributed by atoms with E-state index in [4.69, 9.17) is 4.98 Å². The molecule has 0 atom stereocenters. The lowest BCUT2D eigenvalue weighted by molar-refractivity contribution is -0.126. The van der Waals surface area contributed by atoms with Crippen LogP contribution in [0.15, 0.2) is 53.7 Å². The molecule has 1 aromatic carbocycles. The minimum Gasteiger partial charge on any atom is -0.354 e. The molecule has 2 N–H and O–H groups in total. The van der Waals surface area contributed by atoms with Crippen molar-refractivity contribution in [1.82, 2.24) is 15.3 Å². The van der Waals surface area contributed by atoms with Gasteiger partial charge in [0.2, 0.25) is 5.91 Å². The van der Waals surface area contributed by atoms with Gasteiger partial charge in [0.15, 0.2) is 9.84 Å². The third kappa shape index (κ3) is 5.50. The summed E-state index contributed by atoms with van der Waals surface area (Å²) in [6.07, 6.45) is 8.44. The van der Waals surface area contributed by atoms with Gasteiger partial charge in [-0.3, -0.25) is 9.78 Å². The van der Waals surface area contributed by atoms with Crippen LogP contribution < -0.4 is 10.6 Å². The number of nitrogens with zero attached hydrogens (tertiary/aromatic N) is 2. The molecule has 4 rings (SSSR count).